The predicted octanol–water partition coefficient (Wildman–Crippen LogP) is 1.59. The van der Waals surface area contributed by atoms with Crippen LogP contribution in [0.15, 0.2) is 30.9 Å². The van der Waals surface area contributed by atoms with Crippen molar-refractivity contribution in [3.8, 4) is 0 Å². The summed E-state index contributed by atoms with van der Waals surface area (Å²) in [4.78, 5) is 26.6. The van der Waals surface area contributed by atoms with Crippen molar-refractivity contribution in [2.75, 3.05) is 29.1 Å². The number of hydrazine groups is 1. The first-order chi connectivity index (χ1) is 11.8. The molecule has 1 saturated heterocycles. The van der Waals surface area contributed by atoms with Gasteiger partial charge in [0.25, 0.3) is 5.91 Å². The van der Waals surface area contributed by atoms with Gasteiger partial charge in [-0.2, -0.15) is 0 Å². The lowest BCUT2D eigenvalue weighted by molar-refractivity contribution is 0.0962. The van der Waals surface area contributed by atoms with Crippen LogP contribution in [-0.4, -0.2) is 33.9 Å². The second-order valence-electron chi connectivity index (χ2n) is 5.68. The zero-order valence-electron chi connectivity index (χ0n) is 13.4. The Morgan fingerprint density at radius 1 is 1.17 bits per heavy atom. The van der Waals surface area contributed by atoms with Crippen LogP contribution in [0.4, 0.5) is 17.3 Å². The Hall–Kier alpha value is -2.90. The Morgan fingerprint density at radius 3 is 2.67 bits per heavy atom. The van der Waals surface area contributed by atoms with E-state index < -0.39 is 0 Å². The Kier molecular flexibility index (Phi) is 5.05. The topological polar surface area (TPSA) is 109 Å². The standard InChI is InChI=1S/C16H21N7O/c17-13-14(21-22-16(24)12-6-5-7-18-10-12)19-11-20-15(13)23-8-3-1-2-4-9-23/h5-7,10-11H,1-4,8-9,17H2,(H,22,24)(H,19,20,21). The molecule has 1 amide bonds. The minimum absolute atomic E-state index is 0.308. The maximum Gasteiger partial charge on any atom is 0.271 e. The maximum atomic E-state index is 12.1. The number of nitrogens with two attached hydrogens (primary N) is 1. The fourth-order valence-electron chi connectivity index (χ4n) is 2.71. The number of amides is 1. The number of carbonyl (C=O) groups is 1. The number of carbonyl (C=O) groups excluding carboxylic acids is 1. The third-order valence-corrected chi connectivity index (χ3v) is 3.99. The van der Waals surface area contributed by atoms with Gasteiger partial charge in [0.15, 0.2) is 11.6 Å². The van der Waals surface area contributed by atoms with Crippen LogP contribution in [-0.2, 0) is 0 Å². The van der Waals surface area contributed by atoms with Gasteiger partial charge in [-0.05, 0) is 25.0 Å². The molecule has 3 rings (SSSR count). The van der Waals surface area contributed by atoms with Gasteiger partial charge >= 0.3 is 0 Å². The molecule has 4 N–H and O–H groups in total. The maximum absolute atomic E-state index is 12.1. The summed E-state index contributed by atoms with van der Waals surface area (Å²) in [5.41, 5.74) is 12.4. The molecule has 1 aliphatic rings. The summed E-state index contributed by atoms with van der Waals surface area (Å²) in [5.74, 6) is 0.795. The number of nitrogens with one attached hydrogen (secondary N) is 2. The fraction of sp³-hybridized carbons (Fsp3) is 0.375. The van der Waals surface area contributed by atoms with E-state index in [1.54, 1.807) is 18.3 Å². The number of rotatable bonds is 4. The summed E-state index contributed by atoms with van der Waals surface area (Å²) in [6.07, 6.45) is 9.27. The molecule has 8 heteroatoms. The third kappa shape index (κ3) is 3.70. The van der Waals surface area contributed by atoms with Crippen molar-refractivity contribution >= 4 is 23.2 Å². The van der Waals surface area contributed by atoms with Gasteiger partial charge in [0.1, 0.15) is 12.0 Å². The Balaban J connectivity index is 1.70. The summed E-state index contributed by atoms with van der Waals surface area (Å²) in [7, 11) is 0. The van der Waals surface area contributed by atoms with E-state index in [1.807, 2.05) is 0 Å². The summed E-state index contributed by atoms with van der Waals surface area (Å²) in [6.45, 7) is 1.87. The number of aromatic nitrogens is 3. The van der Waals surface area contributed by atoms with Gasteiger partial charge in [-0.15, -0.1) is 0 Å². The van der Waals surface area contributed by atoms with Crippen LogP contribution in [0.1, 0.15) is 36.0 Å². The van der Waals surface area contributed by atoms with Crippen LogP contribution >= 0.6 is 0 Å². The number of pyridine rings is 1. The minimum Gasteiger partial charge on any atom is -0.393 e. The molecule has 1 fully saturated rings. The van der Waals surface area contributed by atoms with Crippen LogP contribution in [0.25, 0.3) is 0 Å². The van der Waals surface area contributed by atoms with E-state index in [0.29, 0.717) is 22.9 Å². The summed E-state index contributed by atoms with van der Waals surface area (Å²) >= 11 is 0. The zero-order chi connectivity index (χ0) is 16.8. The molecule has 0 saturated carbocycles. The van der Waals surface area contributed by atoms with Crippen molar-refractivity contribution in [3.05, 3.63) is 36.4 Å². The highest BCUT2D eigenvalue weighted by atomic mass is 16.2. The molecule has 1 aliphatic heterocycles. The predicted molar refractivity (Wildman–Crippen MR) is 92.5 cm³/mol. The molecule has 126 valence electrons. The Bertz CT molecular complexity index is 684. The molecular formula is C16H21N7O. The quantitative estimate of drug-likeness (QED) is 0.732. The second kappa shape index (κ2) is 7.58. The van der Waals surface area contributed by atoms with E-state index in [4.69, 9.17) is 5.73 Å². The number of nitrogens with zero attached hydrogens (tertiary/aromatic N) is 4. The van der Waals surface area contributed by atoms with Gasteiger partial charge in [-0.1, -0.05) is 12.8 Å². The summed E-state index contributed by atoms with van der Waals surface area (Å²) in [6, 6.07) is 3.38. The zero-order valence-corrected chi connectivity index (χ0v) is 13.4. The van der Waals surface area contributed by atoms with Gasteiger partial charge in [0.2, 0.25) is 0 Å². The summed E-state index contributed by atoms with van der Waals surface area (Å²) < 4.78 is 0. The molecule has 24 heavy (non-hydrogen) atoms. The molecule has 2 aromatic heterocycles. The lowest BCUT2D eigenvalue weighted by atomic mass is 10.2. The fourth-order valence-corrected chi connectivity index (χ4v) is 2.71. The van der Waals surface area contributed by atoms with Crippen molar-refractivity contribution in [2.24, 2.45) is 0 Å². The average molecular weight is 327 g/mol. The highest BCUT2D eigenvalue weighted by molar-refractivity contribution is 5.94. The monoisotopic (exact) mass is 327 g/mol. The molecule has 2 aromatic rings. The van der Waals surface area contributed by atoms with Gasteiger partial charge in [-0.3, -0.25) is 20.6 Å². The SMILES string of the molecule is Nc1c(NNC(=O)c2cccnc2)ncnc1N1CCCCCC1. The lowest BCUT2D eigenvalue weighted by Gasteiger charge is -2.23. The smallest absolute Gasteiger partial charge is 0.271 e. The largest absolute Gasteiger partial charge is 0.393 e. The first-order valence-electron chi connectivity index (χ1n) is 8.07. The number of hydrogen-bond donors (Lipinski definition) is 3. The number of anilines is 3. The van der Waals surface area contributed by atoms with Gasteiger partial charge in [-0.25, -0.2) is 9.97 Å². The van der Waals surface area contributed by atoms with Gasteiger partial charge in [0, 0.05) is 25.5 Å². The first kappa shape index (κ1) is 16.0. The molecule has 3 heterocycles. The third-order valence-electron chi connectivity index (χ3n) is 3.99. The average Bonchev–Trinajstić information content (AvgIpc) is 2.90. The van der Waals surface area contributed by atoms with E-state index in [0.717, 1.165) is 25.9 Å². The van der Waals surface area contributed by atoms with Crippen molar-refractivity contribution in [3.63, 3.8) is 0 Å². The molecule has 0 spiro atoms. The normalized spacial score (nSPS) is 14.8. The lowest BCUT2D eigenvalue weighted by Crippen LogP contribution is -2.31. The highest BCUT2D eigenvalue weighted by Gasteiger charge is 2.17. The molecule has 0 aromatic carbocycles. The molecule has 0 bridgehead atoms. The van der Waals surface area contributed by atoms with Crippen molar-refractivity contribution < 1.29 is 4.79 Å². The molecule has 0 radical (unpaired) electrons. The number of nitrogen functional groups attached to an aromatic ring is 1. The van der Waals surface area contributed by atoms with Crippen LogP contribution < -0.4 is 21.5 Å². The summed E-state index contributed by atoms with van der Waals surface area (Å²) in [5, 5.41) is 0. The van der Waals surface area contributed by atoms with Crippen LogP contribution in [0, 0.1) is 0 Å². The molecule has 0 atom stereocenters. The van der Waals surface area contributed by atoms with Gasteiger partial charge < -0.3 is 10.6 Å². The van der Waals surface area contributed by atoms with E-state index in [1.165, 1.54) is 25.4 Å². The minimum atomic E-state index is -0.308. The first-order valence-corrected chi connectivity index (χ1v) is 8.07. The Labute approximate surface area is 140 Å². The molecular weight excluding hydrogens is 306 g/mol. The van der Waals surface area contributed by atoms with E-state index in [-0.39, 0.29) is 5.91 Å². The van der Waals surface area contributed by atoms with Crippen molar-refractivity contribution in [2.45, 2.75) is 25.7 Å². The van der Waals surface area contributed by atoms with Crippen LogP contribution in [0.2, 0.25) is 0 Å². The van der Waals surface area contributed by atoms with Gasteiger partial charge in [0.05, 0.1) is 5.56 Å². The van der Waals surface area contributed by atoms with Crippen molar-refractivity contribution in [1.29, 1.82) is 0 Å². The highest BCUT2D eigenvalue weighted by Crippen LogP contribution is 2.27. The molecule has 0 unspecified atom stereocenters. The van der Waals surface area contributed by atoms with Crippen molar-refractivity contribution in [1.82, 2.24) is 20.4 Å². The second-order valence-corrected chi connectivity index (χ2v) is 5.68. The Morgan fingerprint density at radius 2 is 1.96 bits per heavy atom. The van der Waals surface area contributed by atoms with E-state index >= 15 is 0 Å². The number of hydrogen-bond acceptors (Lipinski definition) is 7. The molecule has 0 aliphatic carbocycles. The van der Waals surface area contributed by atoms with E-state index in [9.17, 15) is 4.79 Å². The van der Waals surface area contributed by atoms with E-state index in [2.05, 4.69) is 30.7 Å². The molecule has 8 nitrogen and oxygen atoms in total. The van der Waals surface area contributed by atoms with Crippen LogP contribution in [0.3, 0.4) is 0 Å². The van der Waals surface area contributed by atoms with Crippen LogP contribution in [0.5, 0.6) is 0 Å².